The topological polar surface area (TPSA) is 48.5 Å². The van der Waals surface area contributed by atoms with Gasteiger partial charge in [0.25, 0.3) is 0 Å². The molecule has 1 N–H and O–H groups in total. The van der Waals surface area contributed by atoms with Crippen molar-refractivity contribution in [2.24, 2.45) is 5.92 Å². The molecule has 1 atom stereocenters. The van der Waals surface area contributed by atoms with Gasteiger partial charge in [-0.05, 0) is 43.5 Å². The molecule has 1 aromatic heterocycles. The van der Waals surface area contributed by atoms with Crippen LogP contribution in [0.25, 0.3) is 0 Å². The number of aromatic nitrogens is 1. The summed E-state index contributed by atoms with van der Waals surface area (Å²) in [5.41, 5.74) is 2.56. The maximum absolute atomic E-state index is 12.7. The van der Waals surface area contributed by atoms with Crippen LogP contribution in [0, 0.1) is 12.8 Å². The number of carbonyl (C=O) groups is 1. The van der Waals surface area contributed by atoms with E-state index in [4.69, 9.17) is 0 Å². The van der Waals surface area contributed by atoms with E-state index in [2.05, 4.69) is 28.2 Å². The molecule has 22 heavy (non-hydrogen) atoms. The molecule has 5 nitrogen and oxygen atoms in total. The minimum Gasteiger partial charge on any atom is -0.340 e. The Hall–Kier alpha value is -1.46. The SMILES string of the molecule is Cc1ccncc1CN1CCCC(C(=O)N2CCNCC2)C1. The summed E-state index contributed by atoms with van der Waals surface area (Å²) >= 11 is 0. The average Bonchev–Trinajstić information content (AvgIpc) is 2.57. The van der Waals surface area contributed by atoms with Gasteiger partial charge in [0.05, 0.1) is 5.92 Å². The highest BCUT2D eigenvalue weighted by Gasteiger charge is 2.29. The van der Waals surface area contributed by atoms with Crippen molar-refractivity contribution in [2.45, 2.75) is 26.3 Å². The largest absolute Gasteiger partial charge is 0.340 e. The molecule has 2 fully saturated rings. The Kier molecular flexibility index (Phi) is 5.05. The second kappa shape index (κ2) is 7.20. The Morgan fingerprint density at radius 3 is 2.95 bits per heavy atom. The van der Waals surface area contributed by atoms with Gasteiger partial charge in [-0.3, -0.25) is 14.7 Å². The second-order valence-electron chi connectivity index (χ2n) is 6.45. The second-order valence-corrected chi connectivity index (χ2v) is 6.45. The van der Waals surface area contributed by atoms with E-state index in [9.17, 15) is 4.79 Å². The van der Waals surface area contributed by atoms with E-state index >= 15 is 0 Å². The van der Waals surface area contributed by atoms with E-state index in [-0.39, 0.29) is 5.92 Å². The lowest BCUT2D eigenvalue weighted by Crippen LogP contribution is -2.51. The van der Waals surface area contributed by atoms with Crippen molar-refractivity contribution in [1.82, 2.24) is 20.1 Å². The lowest BCUT2D eigenvalue weighted by Gasteiger charge is -2.36. The highest BCUT2D eigenvalue weighted by molar-refractivity contribution is 5.79. The van der Waals surface area contributed by atoms with E-state index in [1.165, 1.54) is 11.1 Å². The molecule has 5 heteroatoms. The number of carbonyl (C=O) groups excluding carboxylic acids is 1. The summed E-state index contributed by atoms with van der Waals surface area (Å²) in [5.74, 6) is 0.526. The fourth-order valence-electron chi connectivity index (χ4n) is 3.45. The zero-order valence-electron chi connectivity index (χ0n) is 13.4. The summed E-state index contributed by atoms with van der Waals surface area (Å²) in [5, 5.41) is 3.31. The molecule has 0 radical (unpaired) electrons. The lowest BCUT2D eigenvalue weighted by atomic mass is 9.95. The molecule has 3 rings (SSSR count). The molecule has 1 unspecified atom stereocenters. The van der Waals surface area contributed by atoms with Crippen molar-refractivity contribution in [2.75, 3.05) is 39.3 Å². The number of rotatable bonds is 3. The molecule has 1 amide bonds. The molecule has 0 aromatic carbocycles. The van der Waals surface area contributed by atoms with Gasteiger partial charge < -0.3 is 10.2 Å². The van der Waals surface area contributed by atoms with E-state index < -0.39 is 0 Å². The van der Waals surface area contributed by atoms with Crippen LogP contribution in [0.15, 0.2) is 18.5 Å². The number of hydrogen-bond donors (Lipinski definition) is 1. The van der Waals surface area contributed by atoms with Crippen LogP contribution in [0.3, 0.4) is 0 Å². The molecular formula is C17H26N4O. The van der Waals surface area contributed by atoms with Crippen LogP contribution in [0.1, 0.15) is 24.0 Å². The van der Waals surface area contributed by atoms with Crippen molar-refractivity contribution in [3.63, 3.8) is 0 Å². The predicted molar refractivity (Wildman–Crippen MR) is 86.4 cm³/mol. The summed E-state index contributed by atoms with van der Waals surface area (Å²) in [6.07, 6.45) is 5.94. The lowest BCUT2D eigenvalue weighted by molar-refractivity contribution is -0.138. The first kappa shape index (κ1) is 15.4. The van der Waals surface area contributed by atoms with Gasteiger partial charge in [0, 0.05) is 51.7 Å². The predicted octanol–water partition coefficient (Wildman–Crippen LogP) is 1.03. The molecule has 2 aliphatic heterocycles. The zero-order valence-corrected chi connectivity index (χ0v) is 13.4. The van der Waals surface area contributed by atoms with Crippen LogP contribution in [0.2, 0.25) is 0 Å². The third-order valence-corrected chi connectivity index (χ3v) is 4.82. The molecular weight excluding hydrogens is 276 g/mol. The number of piperazine rings is 1. The molecule has 2 aliphatic rings. The quantitative estimate of drug-likeness (QED) is 0.906. The highest BCUT2D eigenvalue weighted by atomic mass is 16.2. The molecule has 0 spiro atoms. The summed E-state index contributed by atoms with van der Waals surface area (Å²) in [6, 6.07) is 2.06. The number of hydrogen-bond acceptors (Lipinski definition) is 4. The molecule has 0 bridgehead atoms. The first-order valence-electron chi connectivity index (χ1n) is 8.35. The van der Waals surface area contributed by atoms with Gasteiger partial charge in [-0.1, -0.05) is 0 Å². The number of likely N-dealkylation sites (tertiary alicyclic amines) is 1. The van der Waals surface area contributed by atoms with Crippen LogP contribution < -0.4 is 5.32 Å². The van der Waals surface area contributed by atoms with Crippen LogP contribution in [0.4, 0.5) is 0 Å². The van der Waals surface area contributed by atoms with E-state index in [1.54, 1.807) is 0 Å². The molecule has 2 saturated heterocycles. The summed E-state index contributed by atoms with van der Waals surface area (Å²) in [6.45, 7) is 8.58. The minimum absolute atomic E-state index is 0.170. The Labute approximate surface area is 132 Å². The summed E-state index contributed by atoms with van der Waals surface area (Å²) < 4.78 is 0. The van der Waals surface area contributed by atoms with E-state index in [1.807, 2.05) is 17.3 Å². The number of nitrogens with one attached hydrogen (secondary N) is 1. The van der Waals surface area contributed by atoms with Gasteiger partial charge in [0.2, 0.25) is 5.91 Å². The molecule has 120 valence electrons. The number of piperidine rings is 1. The number of aryl methyl sites for hydroxylation is 1. The Morgan fingerprint density at radius 2 is 2.18 bits per heavy atom. The third kappa shape index (κ3) is 3.65. The summed E-state index contributed by atoms with van der Waals surface area (Å²) in [4.78, 5) is 21.4. The van der Waals surface area contributed by atoms with Crippen molar-refractivity contribution < 1.29 is 4.79 Å². The Balaban J connectivity index is 1.59. The smallest absolute Gasteiger partial charge is 0.227 e. The van der Waals surface area contributed by atoms with Crippen LogP contribution in [-0.2, 0) is 11.3 Å². The van der Waals surface area contributed by atoms with Gasteiger partial charge in [-0.15, -0.1) is 0 Å². The summed E-state index contributed by atoms with van der Waals surface area (Å²) in [7, 11) is 0. The fourth-order valence-corrected chi connectivity index (χ4v) is 3.45. The maximum Gasteiger partial charge on any atom is 0.227 e. The first-order chi connectivity index (χ1) is 10.7. The van der Waals surface area contributed by atoms with Gasteiger partial charge in [-0.25, -0.2) is 0 Å². The van der Waals surface area contributed by atoms with Gasteiger partial charge in [0.1, 0.15) is 0 Å². The third-order valence-electron chi connectivity index (χ3n) is 4.82. The van der Waals surface area contributed by atoms with Crippen LogP contribution >= 0.6 is 0 Å². The number of pyridine rings is 1. The zero-order chi connectivity index (χ0) is 15.4. The number of amides is 1. The van der Waals surface area contributed by atoms with Crippen LogP contribution in [0.5, 0.6) is 0 Å². The normalized spacial score (nSPS) is 23.5. The molecule has 0 saturated carbocycles. The van der Waals surface area contributed by atoms with Gasteiger partial charge in [0.15, 0.2) is 0 Å². The Morgan fingerprint density at radius 1 is 1.36 bits per heavy atom. The standard InChI is InChI=1S/C17H26N4O/c1-14-4-5-19-11-16(14)13-20-8-2-3-15(12-20)17(22)21-9-6-18-7-10-21/h4-5,11,15,18H,2-3,6-10,12-13H2,1H3. The van der Waals surface area contributed by atoms with Crippen molar-refractivity contribution in [1.29, 1.82) is 0 Å². The minimum atomic E-state index is 0.170. The number of nitrogens with zero attached hydrogens (tertiary/aromatic N) is 3. The first-order valence-corrected chi connectivity index (χ1v) is 8.35. The van der Waals surface area contributed by atoms with Gasteiger partial charge >= 0.3 is 0 Å². The van der Waals surface area contributed by atoms with E-state index in [0.29, 0.717) is 5.91 Å². The highest BCUT2D eigenvalue weighted by Crippen LogP contribution is 2.21. The van der Waals surface area contributed by atoms with Crippen LogP contribution in [-0.4, -0.2) is 60.0 Å². The average molecular weight is 302 g/mol. The molecule has 3 heterocycles. The maximum atomic E-state index is 12.7. The van der Waals surface area contributed by atoms with Crippen molar-refractivity contribution >= 4 is 5.91 Å². The van der Waals surface area contributed by atoms with Gasteiger partial charge in [-0.2, -0.15) is 0 Å². The monoisotopic (exact) mass is 302 g/mol. The Bertz CT molecular complexity index is 513. The van der Waals surface area contributed by atoms with Crippen molar-refractivity contribution in [3.8, 4) is 0 Å². The van der Waals surface area contributed by atoms with Crippen molar-refractivity contribution in [3.05, 3.63) is 29.6 Å². The molecule has 0 aliphatic carbocycles. The molecule has 1 aromatic rings. The fraction of sp³-hybridized carbons (Fsp3) is 0.647. The van der Waals surface area contributed by atoms with E-state index in [0.717, 1.165) is 58.7 Å².